The summed E-state index contributed by atoms with van der Waals surface area (Å²) in [4.78, 5) is 11.4. The van der Waals surface area contributed by atoms with Crippen molar-refractivity contribution in [2.45, 2.75) is 44.6 Å². The summed E-state index contributed by atoms with van der Waals surface area (Å²) in [5.74, 6) is 0.503. The van der Waals surface area contributed by atoms with E-state index in [0.29, 0.717) is 25.5 Å². The fourth-order valence-electron chi connectivity index (χ4n) is 2.34. The van der Waals surface area contributed by atoms with Gasteiger partial charge in [0.2, 0.25) is 5.91 Å². The average molecular weight is 229 g/mol. The van der Waals surface area contributed by atoms with E-state index in [4.69, 9.17) is 4.74 Å². The lowest BCUT2D eigenvalue weighted by molar-refractivity contribution is -0.123. The van der Waals surface area contributed by atoms with E-state index in [1.54, 1.807) is 7.11 Å². The van der Waals surface area contributed by atoms with Gasteiger partial charge in [-0.15, -0.1) is 0 Å². The minimum absolute atomic E-state index is 0.0477. The van der Waals surface area contributed by atoms with E-state index in [1.165, 1.54) is 6.42 Å². The number of amides is 1. The lowest BCUT2D eigenvalue weighted by Crippen LogP contribution is -2.45. The van der Waals surface area contributed by atoms with Gasteiger partial charge in [-0.2, -0.15) is 0 Å². The molecule has 2 unspecified atom stereocenters. The first-order chi connectivity index (χ1) is 7.56. The number of nitrogens with one attached hydrogen (secondary N) is 1. The Balaban J connectivity index is 2.27. The number of carbonyl (C=O) groups is 1. The van der Waals surface area contributed by atoms with E-state index in [-0.39, 0.29) is 5.91 Å². The maximum absolute atomic E-state index is 11.4. The molecule has 94 valence electrons. The highest BCUT2D eigenvalue weighted by atomic mass is 16.5. The largest absolute Gasteiger partial charge is 0.388 e. The van der Waals surface area contributed by atoms with Crippen LogP contribution in [0.1, 0.15) is 39.0 Å². The number of rotatable bonds is 5. The Hall–Kier alpha value is -0.610. The predicted octanol–water partition coefficient (Wildman–Crippen LogP) is 1.08. The van der Waals surface area contributed by atoms with Crippen molar-refractivity contribution in [3.05, 3.63) is 0 Å². The highest BCUT2D eigenvalue weighted by Gasteiger charge is 2.32. The molecule has 0 bridgehead atoms. The predicted molar refractivity (Wildman–Crippen MR) is 62.1 cm³/mol. The smallest absolute Gasteiger partial charge is 0.222 e. The molecule has 1 rings (SSSR count). The van der Waals surface area contributed by atoms with Gasteiger partial charge < -0.3 is 15.2 Å². The van der Waals surface area contributed by atoms with Gasteiger partial charge in [-0.1, -0.05) is 19.8 Å². The van der Waals surface area contributed by atoms with E-state index in [1.807, 2.05) is 0 Å². The Morgan fingerprint density at radius 3 is 3.00 bits per heavy atom. The second-order valence-electron chi connectivity index (χ2n) is 4.95. The Morgan fingerprint density at radius 2 is 2.38 bits per heavy atom. The second-order valence-corrected chi connectivity index (χ2v) is 4.95. The summed E-state index contributed by atoms with van der Waals surface area (Å²) in [6, 6.07) is 0. The van der Waals surface area contributed by atoms with Crippen LogP contribution in [0.5, 0.6) is 0 Å². The molecule has 0 aliphatic heterocycles. The summed E-state index contributed by atoms with van der Waals surface area (Å²) in [5, 5.41) is 13.0. The highest BCUT2D eigenvalue weighted by Crippen LogP contribution is 2.31. The number of hydrogen-bond donors (Lipinski definition) is 2. The molecule has 2 atom stereocenters. The summed E-state index contributed by atoms with van der Waals surface area (Å²) in [6.45, 7) is 2.96. The van der Waals surface area contributed by atoms with Crippen LogP contribution in [-0.2, 0) is 9.53 Å². The molecule has 4 nitrogen and oxygen atoms in total. The normalized spacial score (nSPS) is 30.1. The molecule has 0 heterocycles. The minimum Gasteiger partial charge on any atom is -0.388 e. The first kappa shape index (κ1) is 13.5. The molecule has 1 aliphatic carbocycles. The standard InChI is InChI=1S/C12H23NO3/c1-10-4-3-6-12(15,8-10)9-13-11(14)5-7-16-2/h10,15H,3-9H2,1-2H3,(H,13,14). The van der Waals surface area contributed by atoms with Crippen molar-refractivity contribution in [1.82, 2.24) is 5.32 Å². The lowest BCUT2D eigenvalue weighted by Gasteiger charge is -2.35. The van der Waals surface area contributed by atoms with Gasteiger partial charge in [0.05, 0.1) is 12.2 Å². The maximum Gasteiger partial charge on any atom is 0.222 e. The molecule has 16 heavy (non-hydrogen) atoms. The molecule has 2 N–H and O–H groups in total. The molecule has 1 aliphatic rings. The van der Waals surface area contributed by atoms with Crippen LogP contribution in [0.4, 0.5) is 0 Å². The van der Waals surface area contributed by atoms with Crippen molar-refractivity contribution in [3.8, 4) is 0 Å². The van der Waals surface area contributed by atoms with Gasteiger partial charge in [-0.05, 0) is 18.8 Å². The van der Waals surface area contributed by atoms with Crippen LogP contribution in [0.25, 0.3) is 0 Å². The van der Waals surface area contributed by atoms with Gasteiger partial charge in [0.15, 0.2) is 0 Å². The van der Waals surface area contributed by atoms with E-state index in [2.05, 4.69) is 12.2 Å². The van der Waals surface area contributed by atoms with Crippen molar-refractivity contribution < 1.29 is 14.6 Å². The fraction of sp³-hybridized carbons (Fsp3) is 0.917. The van der Waals surface area contributed by atoms with Gasteiger partial charge >= 0.3 is 0 Å². The zero-order chi connectivity index (χ0) is 12.0. The van der Waals surface area contributed by atoms with Crippen molar-refractivity contribution in [3.63, 3.8) is 0 Å². The molecular formula is C12H23NO3. The van der Waals surface area contributed by atoms with Gasteiger partial charge in [-0.25, -0.2) is 0 Å². The summed E-state index contributed by atoms with van der Waals surface area (Å²) in [7, 11) is 1.57. The molecule has 1 saturated carbocycles. The molecule has 4 heteroatoms. The van der Waals surface area contributed by atoms with Crippen LogP contribution >= 0.6 is 0 Å². The van der Waals surface area contributed by atoms with Gasteiger partial charge in [0.25, 0.3) is 0 Å². The number of aliphatic hydroxyl groups is 1. The molecule has 0 saturated heterocycles. The summed E-state index contributed by atoms with van der Waals surface area (Å²) >= 11 is 0. The second kappa shape index (κ2) is 6.21. The van der Waals surface area contributed by atoms with Crippen molar-refractivity contribution in [2.75, 3.05) is 20.3 Å². The third-order valence-electron chi connectivity index (χ3n) is 3.22. The number of methoxy groups -OCH3 is 1. The van der Waals surface area contributed by atoms with Crippen LogP contribution in [0.15, 0.2) is 0 Å². The molecule has 1 fully saturated rings. The van der Waals surface area contributed by atoms with Crippen molar-refractivity contribution in [2.24, 2.45) is 5.92 Å². The summed E-state index contributed by atoms with van der Waals surface area (Å²) < 4.78 is 4.82. The maximum atomic E-state index is 11.4. The van der Waals surface area contributed by atoms with Crippen molar-refractivity contribution >= 4 is 5.91 Å². The van der Waals surface area contributed by atoms with Gasteiger partial charge in [0.1, 0.15) is 0 Å². The van der Waals surface area contributed by atoms with E-state index < -0.39 is 5.60 Å². The molecule has 0 aromatic carbocycles. The topological polar surface area (TPSA) is 58.6 Å². The van der Waals surface area contributed by atoms with Crippen LogP contribution < -0.4 is 5.32 Å². The van der Waals surface area contributed by atoms with Gasteiger partial charge in [-0.3, -0.25) is 4.79 Å². The van der Waals surface area contributed by atoms with E-state index in [0.717, 1.165) is 19.3 Å². The molecule has 0 aromatic heterocycles. The fourth-order valence-corrected chi connectivity index (χ4v) is 2.34. The zero-order valence-electron chi connectivity index (χ0n) is 10.3. The Morgan fingerprint density at radius 1 is 1.62 bits per heavy atom. The summed E-state index contributed by atoms with van der Waals surface area (Å²) in [6.07, 6.45) is 4.17. The number of hydrogen-bond acceptors (Lipinski definition) is 3. The first-order valence-electron chi connectivity index (χ1n) is 6.04. The van der Waals surface area contributed by atoms with E-state index in [9.17, 15) is 9.90 Å². The van der Waals surface area contributed by atoms with E-state index >= 15 is 0 Å². The van der Waals surface area contributed by atoms with Crippen LogP contribution in [-0.4, -0.2) is 36.9 Å². The van der Waals surface area contributed by atoms with Crippen LogP contribution in [0.2, 0.25) is 0 Å². The third-order valence-corrected chi connectivity index (χ3v) is 3.22. The Kier molecular flexibility index (Phi) is 5.22. The summed E-state index contributed by atoms with van der Waals surface area (Å²) in [5.41, 5.74) is -0.694. The molecule has 0 aromatic rings. The molecule has 0 radical (unpaired) electrons. The molecule has 1 amide bonds. The highest BCUT2D eigenvalue weighted by molar-refractivity contribution is 5.76. The Labute approximate surface area is 97.4 Å². The molecular weight excluding hydrogens is 206 g/mol. The van der Waals surface area contributed by atoms with Crippen LogP contribution in [0.3, 0.4) is 0 Å². The number of carbonyl (C=O) groups excluding carboxylic acids is 1. The van der Waals surface area contributed by atoms with Gasteiger partial charge in [0, 0.05) is 20.1 Å². The molecule has 0 spiro atoms. The number of ether oxygens (including phenoxy) is 1. The van der Waals surface area contributed by atoms with Crippen molar-refractivity contribution in [1.29, 1.82) is 0 Å². The first-order valence-corrected chi connectivity index (χ1v) is 6.04. The lowest BCUT2D eigenvalue weighted by atomic mass is 9.79. The van der Waals surface area contributed by atoms with Crippen LogP contribution in [0, 0.1) is 5.92 Å². The zero-order valence-corrected chi connectivity index (χ0v) is 10.3. The quantitative estimate of drug-likeness (QED) is 0.741. The monoisotopic (exact) mass is 229 g/mol. The SMILES string of the molecule is COCCC(=O)NCC1(O)CCCC(C)C1. The Bertz CT molecular complexity index is 232. The third kappa shape index (κ3) is 4.49. The average Bonchev–Trinajstić information content (AvgIpc) is 2.23. The minimum atomic E-state index is -0.694.